The van der Waals surface area contributed by atoms with Gasteiger partial charge in [0, 0.05) is 29.2 Å². The first-order chi connectivity index (χ1) is 14.8. The molecule has 4 aromatic rings. The number of carbonyl (C=O) groups is 1. The number of hydrogen-bond donors (Lipinski definition) is 2. The van der Waals surface area contributed by atoms with Crippen molar-refractivity contribution in [2.24, 2.45) is 0 Å². The fraction of sp³-hybridized carbons (Fsp3) is 0.115. The Hall–Kier alpha value is -3.79. The molecule has 0 fully saturated rings. The summed E-state index contributed by atoms with van der Waals surface area (Å²) in [5, 5.41) is 8.29. The maximum absolute atomic E-state index is 12.4. The zero-order valence-corrected chi connectivity index (χ0v) is 16.7. The molecule has 1 amide bonds. The summed E-state index contributed by atoms with van der Waals surface area (Å²) in [6.45, 7) is 0.783. The third-order valence-electron chi connectivity index (χ3n) is 4.85. The Labute approximate surface area is 176 Å². The average Bonchev–Trinajstić information content (AvgIpc) is 2.79. The molecule has 0 aromatic heterocycles. The van der Waals surface area contributed by atoms with Crippen molar-refractivity contribution >= 4 is 28.1 Å². The van der Waals surface area contributed by atoms with Gasteiger partial charge >= 0.3 is 0 Å². The Kier molecular flexibility index (Phi) is 6.25. The molecule has 0 radical (unpaired) electrons. The number of fused-ring (bicyclic) bond motifs is 1. The number of benzene rings is 4. The van der Waals surface area contributed by atoms with E-state index in [1.165, 1.54) is 5.56 Å². The van der Waals surface area contributed by atoms with E-state index in [1.54, 1.807) is 0 Å². The number of amides is 1. The third kappa shape index (κ3) is 5.17. The molecule has 0 aliphatic heterocycles. The van der Waals surface area contributed by atoms with E-state index in [0.717, 1.165) is 34.3 Å². The molecule has 0 aliphatic carbocycles. The second-order valence-corrected chi connectivity index (χ2v) is 7.04. The minimum Gasteiger partial charge on any atom is -0.493 e. The summed E-state index contributed by atoms with van der Waals surface area (Å²) in [5.41, 5.74) is 2.91. The van der Waals surface area contributed by atoms with Gasteiger partial charge in [0.2, 0.25) is 5.91 Å². The summed E-state index contributed by atoms with van der Waals surface area (Å²) in [7, 11) is 0. The molecule has 0 spiro atoms. The first-order valence-corrected chi connectivity index (χ1v) is 10.1. The van der Waals surface area contributed by atoms with Gasteiger partial charge in [0.1, 0.15) is 5.75 Å². The van der Waals surface area contributed by atoms with Gasteiger partial charge in [-0.3, -0.25) is 4.79 Å². The van der Waals surface area contributed by atoms with Crippen LogP contribution in [0, 0.1) is 0 Å². The van der Waals surface area contributed by atoms with E-state index in [0.29, 0.717) is 6.61 Å². The van der Waals surface area contributed by atoms with Crippen LogP contribution >= 0.6 is 0 Å². The Morgan fingerprint density at radius 3 is 2.47 bits per heavy atom. The molecule has 0 saturated carbocycles. The van der Waals surface area contributed by atoms with Gasteiger partial charge in [-0.05, 0) is 29.1 Å². The lowest BCUT2D eigenvalue weighted by atomic mass is 10.1. The highest BCUT2D eigenvalue weighted by Crippen LogP contribution is 2.23. The predicted molar refractivity (Wildman–Crippen MR) is 123 cm³/mol. The molecular weight excluding hydrogens is 372 g/mol. The summed E-state index contributed by atoms with van der Waals surface area (Å²) >= 11 is 0. The van der Waals surface area contributed by atoms with Gasteiger partial charge in [0.05, 0.1) is 13.2 Å². The fourth-order valence-electron chi connectivity index (χ4n) is 3.34. The predicted octanol–water partition coefficient (Wildman–Crippen LogP) is 5.51. The van der Waals surface area contributed by atoms with E-state index >= 15 is 0 Å². The lowest BCUT2D eigenvalue weighted by Gasteiger charge is -2.11. The molecule has 0 heterocycles. The maximum atomic E-state index is 12.4. The topological polar surface area (TPSA) is 50.4 Å². The van der Waals surface area contributed by atoms with Crippen LogP contribution in [0.5, 0.6) is 5.75 Å². The number of hydrogen-bond acceptors (Lipinski definition) is 3. The molecule has 0 saturated heterocycles. The molecule has 4 nitrogen and oxygen atoms in total. The SMILES string of the molecule is O=C(CNc1cccc(OCCc2ccccc2)c1)Nc1cccc2ccccc12. The zero-order chi connectivity index (χ0) is 20.6. The van der Waals surface area contributed by atoms with Crippen LogP contribution in [0.4, 0.5) is 11.4 Å². The van der Waals surface area contributed by atoms with E-state index in [-0.39, 0.29) is 12.5 Å². The maximum Gasteiger partial charge on any atom is 0.243 e. The number of nitrogens with one attached hydrogen (secondary N) is 2. The quantitative estimate of drug-likeness (QED) is 0.413. The minimum atomic E-state index is -0.0956. The normalized spacial score (nSPS) is 10.5. The van der Waals surface area contributed by atoms with Crippen molar-refractivity contribution in [3.8, 4) is 5.75 Å². The first kappa shape index (κ1) is 19.5. The summed E-state index contributed by atoms with van der Waals surface area (Å²) in [5.74, 6) is 0.687. The molecular formula is C26H24N2O2. The molecule has 0 unspecified atom stereocenters. The largest absolute Gasteiger partial charge is 0.493 e. The van der Waals surface area contributed by atoms with Gasteiger partial charge in [-0.1, -0.05) is 72.8 Å². The van der Waals surface area contributed by atoms with Crippen LogP contribution in [0.3, 0.4) is 0 Å². The van der Waals surface area contributed by atoms with Gasteiger partial charge < -0.3 is 15.4 Å². The molecule has 4 heteroatoms. The minimum absolute atomic E-state index is 0.0956. The summed E-state index contributed by atoms with van der Waals surface area (Å²) < 4.78 is 5.86. The average molecular weight is 396 g/mol. The Balaban J connectivity index is 1.30. The van der Waals surface area contributed by atoms with Gasteiger partial charge in [0.25, 0.3) is 0 Å². The monoisotopic (exact) mass is 396 g/mol. The standard InChI is InChI=1S/C26H24N2O2/c29-26(28-25-15-6-11-21-10-4-5-14-24(21)25)19-27-22-12-7-13-23(18-22)30-17-16-20-8-2-1-3-9-20/h1-15,18,27H,16-17,19H2,(H,28,29). The van der Waals surface area contributed by atoms with E-state index in [4.69, 9.17) is 4.74 Å². The molecule has 30 heavy (non-hydrogen) atoms. The fourth-order valence-corrected chi connectivity index (χ4v) is 3.34. The van der Waals surface area contributed by atoms with Crippen LogP contribution in [0.25, 0.3) is 10.8 Å². The van der Waals surface area contributed by atoms with Gasteiger partial charge in [0.15, 0.2) is 0 Å². The van der Waals surface area contributed by atoms with Crippen LogP contribution in [0.15, 0.2) is 97.1 Å². The molecule has 0 atom stereocenters. The summed E-state index contributed by atoms with van der Waals surface area (Å²) in [6, 6.07) is 31.8. The first-order valence-electron chi connectivity index (χ1n) is 10.1. The van der Waals surface area contributed by atoms with Crippen molar-refractivity contribution in [3.63, 3.8) is 0 Å². The second-order valence-electron chi connectivity index (χ2n) is 7.04. The van der Waals surface area contributed by atoms with Gasteiger partial charge in [-0.2, -0.15) is 0 Å². The van der Waals surface area contributed by atoms with E-state index < -0.39 is 0 Å². The molecule has 150 valence electrons. The number of carbonyl (C=O) groups excluding carboxylic acids is 1. The van der Waals surface area contributed by atoms with Crippen molar-refractivity contribution in [1.82, 2.24) is 0 Å². The van der Waals surface area contributed by atoms with Crippen molar-refractivity contribution < 1.29 is 9.53 Å². The highest BCUT2D eigenvalue weighted by Gasteiger charge is 2.06. The van der Waals surface area contributed by atoms with E-state index in [2.05, 4.69) is 22.8 Å². The van der Waals surface area contributed by atoms with Gasteiger partial charge in [-0.15, -0.1) is 0 Å². The Morgan fingerprint density at radius 2 is 1.57 bits per heavy atom. The smallest absolute Gasteiger partial charge is 0.243 e. The van der Waals surface area contributed by atoms with Crippen LogP contribution < -0.4 is 15.4 Å². The van der Waals surface area contributed by atoms with Crippen molar-refractivity contribution in [2.75, 3.05) is 23.8 Å². The highest BCUT2D eigenvalue weighted by atomic mass is 16.5. The number of ether oxygens (including phenoxy) is 1. The summed E-state index contributed by atoms with van der Waals surface area (Å²) in [6.07, 6.45) is 0.853. The van der Waals surface area contributed by atoms with Crippen LogP contribution in [0.2, 0.25) is 0 Å². The van der Waals surface area contributed by atoms with Crippen LogP contribution in [0.1, 0.15) is 5.56 Å². The van der Waals surface area contributed by atoms with Gasteiger partial charge in [-0.25, -0.2) is 0 Å². The summed E-state index contributed by atoms with van der Waals surface area (Å²) in [4.78, 5) is 12.4. The van der Waals surface area contributed by atoms with E-state index in [1.807, 2.05) is 84.9 Å². The molecule has 0 bridgehead atoms. The Bertz CT molecular complexity index is 1120. The highest BCUT2D eigenvalue weighted by molar-refractivity contribution is 6.03. The number of rotatable bonds is 8. The second kappa shape index (κ2) is 9.61. The zero-order valence-electron chi connectivity index (χ0n) is 16.7. The van der Waals surface area contributed by atoms with Crippen molar-refractivity contribution in [2.45, 2.75) is 6.42 Å². The van der Waals surface area contributed by atoms with Crippen molar-refractivity contribution in [1.29, 1.82) is 0 Å². The molecule has 4 aromatic carbocycles. The van der Waals surface area contributed by atoms with Crippen LogP contribution in [-0.2, 0) is 11.2 Å². The lowest BCUT2D eigenvalue weighted by Crippen LogP contribution is -2.21. The van der Waals surface area contributed by atoms with Crippen LogP contribution in [-0.4, -0.2) is 19.1 Å². The molecule has 2 N–H and O–H groups in total. The van der Waals surface area contributed by atoms with E-state index in [9.17, 15) is 4.79 Å². The molecule has 4 rings (SSSR count). The third-order valence-corrected chi connectivity index (χ3v) is 4.85. The lowest BCUT2D eigenvalue weighted by molar-refractivity contribution is -0.114. The molecule has 0 aliphatic rings. The number of anilines is 2. The Morgan fingerprint density at radius 1 is 0.800 bits per heavy atom. The van der Waals surface area contributed by atoms with Crippen molar-refractivity contribution in [3.05, 3.63) is 103 Å².